The van der Waals surface area contributed by atoms with Gasteiger partial charge in [0.1, 0.15) is 0 Å². The molecule has 1 atom stereocenters. The van der Waals surface area contributed by atoms with Crippen molar-refractivity contribution in [3.63, 3.8) is 0 Å². The van der Waals surface area contributed by atoms with Crippen molar-refractivity contribution in [2.75, 3.05) is 0 Å². The van der Waals surface area contributed by atoms with Gasteiger partial charge in [-0.25, -0.2) is 0 Å². The summed E-state index contributed by atoms with van der Waals surface area (Å²) in [7, 11) is 0. The number of para-hydroxylation sites is 2. The Morgan fingerprint density at radius 1 is 0.955 bits per heavy atom. The smallest absolute Gasteiger partial charge is 0.203 e. The third-order valence-corrected chi connectivity index (χ3v) is 3.96. The van der Waals surface area contributed by atoms with Gasteiger partial charge in [-0.15, -0.1) is 0 Å². The van der Waals surface area contributed by atoms with E-state index < -0.39 is 6.10 Å². The summed E-state index contributed by atoms with van der Waals surface area (Å²) in [6.07, 6.45) is 0.363. The zero-order valence-electron chi connectivity index (χ0n) is 12.7. The predicted molar refractivity (Wildman–Crippen MR) is 87.5 cm³/mol. The Bertz CT molecular complexity index is 817. The second-order valence-corrected chi connectivity index (χ2v) is 5.50. The zero-order chi connectivity index (χ0) is 15.5. The summed E-state index contributed by atoms with van der Waals surface area (Å²) in [5.41, 5.74) is 3.37. The predicted octanol–water partition coefficient (Wildman–Crippen LogP) is 3.07. The summed E-state index contributed by atoms with van der Waals surface area (Å²) in [6, 6.07) is 17.6. The van der Waals surface area contributed by atoms with Gasteiger partial charge < -0.3 is 14.2 Å². The van der Waals surface area contributed by atoms with E-state index in [1.807, 2.05) is 63.7 Å². The molecule has 114 valence electrons. The Labute approximate surface area is 129 Å². The van der Waals surface area contributed by atoms with Crippen molar-refractivity contribution in [2.24, 2.45) is 0 Å². The molecule has 0 saturated carbocycles. The van der Waals surface area contributed by atoms with Crippen LogP contribution >= 0.6 is 0 Å². The fraction of sp³-hybridized carbons (Fsp3) is 0.278. The van der Waals surface area contributed by atoms with E-state index in [0.29, 0.717) is 12.2 Å². The molecule has 0 saturated heterocycles. The van der Waals surface area contributed by atoms with E-state index in [9.17, 15) is 5.11 Å². The van der Waals surface area contributed by atoms with Crippen molar-refractivity contribution in [1.82, 2.24) is 9.13 Å². The second kappa shape index (κ2) is 6.20. The number of aryl methyl sites for hydroxylation is 1. The van der Waals surface area contributed by atoms with Crippen LogP contribution in [0.2, 0.25) is 0 Å². The summed E-state index contributed by atoms with van der Waals surface area (Å²) < 4.78 is 3.90. The molecule has 2 aromatic carbocycles. The van der Waals surface area contributed by atoms with Crippen LogP contribution in [0, 0.1) is 5.41 Å². The van der Waals surface area contributed by atoms with Crippen LogP contribution in [0.15, 0.2) is 54.6 Å². The van der Waals surface area contributed by atoms with Crippen molar-refractivity contribution in [3.8, 4) is 0 Å². The van der Waals surface area contributed by atoms with Crippen molar-refractivity contribution < 1.29 is 5.11 Å². The Hall–Kier alpha value is -2.33. The van der Waals surface area contributed by atoms with E-state index in [4.69, 9.17) is 5.41 Å². The lowest BCUT2D eigenvalue weighted by molar-refractivity contribution is 0.155. The van der Waals surface area contributed by atoms with Crippen LogP contribution in [0.25, 0.3) is 11.0 Å². The lowest BCUT2D eigenvalue weighted by atomic mass is 10.1. The summed E-state index contributed by atoms with van der Waals surface area (Å²) in [6.45, 7) is 3.31. The maximum absolute atomic E-state index is 10.5. The number of benzene rings is 2. The van der Waals surface area contributed by atoms with Crippen LogP contribution in [0.5, 0.6) is 0 Å². The van der Waals surface area contributed by atoms with Crippen LogP contribution < -0.4 is 5.62 Å². The third-order valence-electron chi connectivity index (χ3n) is 3.96. The normalized spacial score (nSPS) is 12.6. The maximum Gasteiger partial charge on any atom is 0.203 e. The van der Waals surface area contributed by atoms with Gasteiger partial charge in [0.15, 0.2) is 0 Å². The molecule has 0 bridgehead atoms. The minimum atomic E-state index is -0.615. The van der Waals surface area contributed by atoms with Crippen LogP contribution in [0.3, 0.4) is 0 Å². The number of hydrogen-bond acceptors (Lipinski definition) is 2. The number of aliphatic hydroxyl groups is 1. The van der Waals surface area contributed by atoms with Gasteiger partial charge in [0.05, 0.1) is 23.7 Å². The molecular formula is C18H21N3O. The summed E-state index contributed by atoms with van der Waals surface area (Å²) >= 11 is 0. The van der Waals surface area contributed by atoms with Crippen molar-refractivity contribution in [1.29, 1.82) is 5.41 Å². The molecule has 1 heterocycles. The molecule has 3 aromatic rings. The first kappa shape index (κ1) is 14.6. The van der Waals surface area contributed by atoms with Crippen molar-refractivity contribution in [2.45, 2.75) is 32.5 Å². The molecule has 4 nitrogen and oxygen atoms in total. The third kappa shape index (κ3) is 2.57. The Morgan fingerprint density at radius 2 is 1.55 bits per heavy atom. The zero-order valence-corrected chi connectivity index (χ0v) is 12.7. The van der Waals surface area contributed by atoms with Gasteiger partial charge in [0.2, 0.25) is 5.62 Å². The standard InChI is InChI=1S/C18H21N3O/c1-2-12-20-15-10-6-7-11-16(15)21(18(20)19)13-17(22)14-8-4-3-5-9-14/h3-11,17,19,22H,2,12-13H2,1H3/t17-/m0/s1. The lowest BCUT2D eigenvalue weighted by Gasteiger charge is -2.12. The fourth-order valence-corrected chi connectivity index (χ4v) is 2.88. The van der Waals surface area contributed by atoms with E-state index in [0.717, 1.165) is 29.6 Å². The van der Waals surface area contributed by atoms with Gasteiger partial charge in [-0.2, -0.15) is 0 Å². The van der Waals surface area contributed by atoms with E-state index >= 15 is 0 Å². The summed E-state index contributed by atoms with van der Waals surface area (Å²) in [5, 5.41) is 18.9. The van der Waals surface area contributed by atoms with Gasteiger partial charge in [-0.3, -0.25) is 5.41 Å². The summed E-state index contributed by atoms with van der Waals surface area (Å²) in [4.78, 5) is 0. The minimum absolute atomic E-state index is 0.389. The molecule has 3 rings (SSSR count). The Kier molecular flexibility index (Phi) is 4.11. The monoisotopic (exact) mass is 295 g/mol. The van der Waals surface area contributed by atoms with Gasteiger partial charge >= 0.3 is 0 Å². The van der Waals surface area contributed by atoms with E-state index in [-0.39, 0.29) is 0 Å². The molecule has 22 heavy (non-hydrogen) atoms. The number of aromatic nitrogens is 2. The number of nitrogens with one attached hydrogen (secondary N) is 1. The molecule has 0 amide bonds. The molecule has 0 aliphatic carbocycles. The largest absolute Gasteiger partial charge is 0.387 e. The van der Waals surface area contributed by atoms with Crippen molar-refractivity contribution >= 4 is 11.0 Å². The molecule has 0 radical (unpaired) electrons. The highest BCUT2D eigenvalue weighted by atomic mass is 16.3. The number of hydrogen-bond donors (Lipinski definition) is 2. The first-order valence-electron chi connectivity index (χ1n) is 7.68. The van der Waals surface area contributed by atoms with E-state index in [1.54, 1.807) is 0 Å². The highest BCUT2D eigenvalue weighted by molar-refractivity contribution is 5.75. The fourth-order valence-electron chi connectivity index (χ4n) is 2.88. The molecule has 0 fully saturated rings. The number of fused-ring (bicyclic) bond motifs is 1. The molecule has 0 unspecified atom stereocenters. The van der Waals surface area contributed by atoms with Crippen LogP contribution in [0.1, 0.15) is 25.0 Å². The van der Waals surface area contributed by atoms with Crippen LogP contribution in [-0.2, 0) is 13.1 Å². The topological polar surface area (TPSA) is 53.9 Å². The number of rotatable bonds is 5. The number of nitrogens with zero attached hydrogens (tertiary/aromatic N) is 2. The Balaban J connectivity index is 2.04. The van der Waals surface area contributed by atoms with E-state index in [2.05, 4.69) is 6.92 Å². The van der Waals surface area contributed by atoms with Crippen LogP contribution in [0.4, 0.5) is 0 Å². The molecule has 0 aliphatic heterocycles. The average Bonchev–Trinajstić information content (AvgIpc) is 2.82. The lowest BCUT2D eigenvalue weighted by Crippen LogP contribution is -2.26. The van der Waals surface area contributed by atoms with Gasteiger partial charge in [-0.1, -0.05) is 49.4 Å². The Morgan fingerprint density at radius 3 is 2.18 bits per heavy atom. The SMILES string of the molecule is CCCn1c(=N)n(C[C@H](O)c2ccccc2)c2ccccc21. The second-order valence-electron chi connectivity index (χ2n) is 5.50. The number of aliphatic hydroxyl groups excluding tert-OH is 1. The average molecular weight is 295 g/mol. The summed E-state index contributed by atoms with van der Waals surface area (Å²) in [5.74, 6) is 0. The van der Waals surface area contributed by atoms with Crippen molar-refractivity contribution in [3.05, 3.63) is 65.8 Å². The van der Waals surface area contributed by atoms with Gasteiger partial charge in [0.25, 0.3) is 0 Å². The highest BCUT2D eigenvalue weighted by Gasteiger charge is 2.14. The molecule has 0 spiro atoms. The molecule has 1 aromatic heterocycles. The minimum Gasteiger partial charge on any atom is -0.387 e. The molecular weight excluding hydrogens is 274 g/mol. The first-order chi connectivity index (χ1) is 10.7. The van der Waals surface area contributed by atoms with Gasteiger partial charge in [0, 0.05) is 6.54 Å². The molecule has 4 heteroatoms. The number of imidazole rings is 1. The van der Waals surface area contributed by atoms with Gasteiger partial charge in [-0.05, 0) is 24.1 Å². The molecule has 2 N–H and O–H groups in total. The first-order valence-corrected chi connectivity index (χ1v) is 7.68. The van der Waals surface area contributed by atoms with E-state index in [1.165, 1.54) is 0 Å². The highest BCUT2D eigenvalue weighted by Crippen LogP contribution is 2.18. The molecule has 0 aliphatic rings. The maximum atomic E-state index is 10.5. The van der Waals surface area contributed by atoms with Crippen LogP contribution in [-0.4, -0.2) is 14.2 Å². The quantitative estimate of drug-likeness (QED) is 0.747.